The first-order valence-corrected chi connectivity index (χ1v) is 11.5. The summed E-state index contributed by atoms with van der Waals surface area (Å²) in [6, 6.07) is 7.63. The standard InChI is InChI=1S/C25H34N2O6/c1-5-8-9-10-22-26-21(17-33-22)20-13-11-19(12-14-20)15-16-25(27-18(4)28,23(29)31-6-2)24(30)32-7-3/h11-14,17H,5-10,15-16H2,1-4H3,(H,27,28). The van der Waals surface area contributed by atoms with Crippen LogP contribution >= 0.6 is 0 Å². The number of carbonyl (C=O) groups excluding carboxylic acids is 3. The van der Waals surface area contributed by atoms with E-state index in [-0.39, 0.29) is 19.6 Å². The second kappa shape index (κ2) is 12.8. The minimum atomic E-state index is -1.89. The van der Waals surface area contributed by atoms with Crippen LogP contribution in [0.2, 0.25) is 0 Å². The zero-order chi connectivity index (χ0) is 24.3. The zero-order valence-corrected chi connectivity index (χ0v) is 19.9. The third kappa shape index (κ3) is 7.17. The SMILES string of the molecule is CCCCCc1nc(-c2ccc(CCC(NC(C)=O)(C(=O)OCC)C(=O)OCC)cc2)co1. The van der Waals surface area contributed by atoms with E-state index < -0.39 is 23.4 Å². The van der Waals surface area contributed by atoms with Gasteiger partial charge in [-0.15, -0.1) is 0 Å². The molecule has 0 saturated heterocycles. The molecule has 2 aromatic rings. The van der Waals surface area contributed by atoms with Crippen LogP contribution in [0, 0.1) is 0 Å². The molecule has 0 saturated carbocycles. The summed E-state index contributed by atoms with van der Waals surface area (Å²) in [5.41, 5.74) is 0.663. The molecule has 2 rings (SSSR count). The van der Waals surface area contributed by atoms with E-state index in [1.807, 2.05) is 24.3 Å². The van der Waals surface area contributed by atoms with Crippen molar-refractivity contribution in [2.45, 2.75) is 71.8 Å². The summed E-state index contributed by atoms with van der Waals surface area (Å²) in [5, 5.41) is 2.48. The van der Waals surface area contributed by atoms with Crippen molar-refractivity contribution in [3.05, 3.63) is 42.0 Å². The van der Waals surface area contributed by atoms with Gasteiger partial charge < -0.3 is 19.2 Å². The predicted molar refractivity (Wildman–Crippen MR) is 123 cm³/mol. The van der Waals surface area contributed by atoms with Crippen molar-refractivity contribution in [1.29, 1.82) is 0 Å². The predicted octanol–water partition coefficient (Wildman–Crippen LogP) is 4.01. The molecule has 8 nitrogen and oxygen atoms in total. The number of nitrogens with one attached hydrogen (secondary N) is 1. The lowest BCUT2D eigenvalue weighted by atomic mass is 9.90. The molecule has 1 amide bonds. The highest BCUT2D eigenvalue weighted by atomic mass is 16.6. The maximum absolute atomic E-state index is 12.7. The number of aromatic nitrogens is 1. The smallest absolute Gasteiger partial charge is 0.343 e. The lowest BCUT2D eigenvalue weighted by molar-refractivity contribution is -0.168. The average molecular weight is 459 g/mol. The molecule has 1 heterocycles. The van der Waals surface area contributed by atoms with Crippen LogP contribution in [-0.2, 0) is 36.7 Å². The summed E-state index contributed by atoms with van der Waals surface area (Å²) in [6.45, 7) is 6.83. The monoisotopic (exact) mass is 458 g/mol. The number of aryl methyl sites for hydroxylation is 2. The van der Waals surface area contributed by atoms with Crippen LogP contribution in [0.15, 0.2) is 34.9 Å². The molecule has 0 aliphatic carbocycles. The topological polar surface area (TPSA) is 108 Å². The molecule has 0 aliphatic heterocycles. The molecule has 0 aliphatic rings. The largest absolute Gasteiger partial charge is 0.464 e. The van der Waals surface area contributed by atoms with Gasteiger partial charge in [0, 0.05) is 18.9 Å². The molecule has 0 fully saturated rings. The van der Waals surface area contributed by atoms with Crippen molar-refractivity contribution in [3.8, 4) is 11.3 Å². The number of oxazole rings is 1. The van der Waals surface area contributed by atoms with E-state index in [4.69, 9.17) is 13.9 Å². The Labute approximate surface area is 195 Å². The molecule has 0 radical (unpaired) electrons. The number of unbranched alkanes of at least 4 members (excludes halogenated alkanes) is 2. The van der Waals surface area contributed by atoms with E-state index in [1.165, 1.54) is 6.92 Å². The van der Waals surface area contributed by atoms with Crippen LogP contribution in [0.1, 0.15) is 64.8 Å². The Bertz CT molecular complexity index is 901. The Kier molecular flexibility index (Phi) is 10.1. The Morgan fingerprint density at radius 3 is 2.15 bits per heavy atom. The first-order valence-electron chi connectivity index (χ1n) is 11.5. The van der Waals surface area contributed by atoms with Crippen molar-refractivity contribution in [1.82, 2.24) is 10.3 Å². The van der Waals surface area contributed by atoms with Gasteiger partial charge in [0.25, 0.3) is 0 Å². The Morgan fingerprint density at radius 2 is 1.61 bits per heavy atom. The average Bonchev–Trinajstić information content (AvgIpc) is 3.26. The fourth-order valence-electron chi connectivity index (χ4n) is 3.52. The number of amides is 1. The van der Waals surface area contributed by atoms with Gasteiger partial charge in [0.05, 0.1) is 13.2 Å². The highest BCUT2D eigenvalue weighted by Gasteiger charge is 2.49. The van der Waals surface area contributed by atoms with Gasteiger partial charge in [-0.1, -0.05) is 44.0 Å². The van der Waals surface area contributed by atoms with E-state index in [2.05, 4.69) is 17.2 Å². The van der Waals surface area contributed by atoms with E-state index in [0.29, 0.717) is 6.42 Å². The summed E-state index contributed by atoms with van der Waals surface area (Å²) < 4.78 is 15.8. The van der Waals surface area contributed by atoms with Gasteiger partial charge in [-0.05, 0) is 38.7 Å². The van der Waals surface area contributed by atoms with Gasteiger partial charge in [0.2, 0.25) is 11.4 Å². The summed E-state index contributed by atoms with van der Waals surface area (Å²) in [7, 11) is 0. The van der Waals surface area contributed by atoms with Crippen molar-refractivity contribution in [2.24, 2.45) is 0 Å². The van der Waals surface area contributed by atoms with E-state index in [0.717, 1.165) is 48.4 Å². The van der Waals surface area contributed by atoms with E-state index >= 15 is 0 Å². The van der Waals surface area contributed by atoms with Crippen LogP contribution in [0.25, 0.3) is 11.3 Å². The second-order valence-corrected chi connectivity index (χ2v) is 7.81. The molecule has 33 heavy (non-hydrogen) atoms. The van der Waals surface area contributed by atoms with Crippen molar-refractivity contribution >= 4 is 17.8 Å². The van der Waals surface area contributed by atoms with Gasteiger partial charge in [0.1, 0.15) is 12.0 Å². The lowest BCUT2D eigenvalue weighted by Crippen LogP contribution is -2.61. The molecule has 180 valence electrons. The summed E-state index contributed by atoms with van der Waals surface area (Å²) in [6.07, 6.45) is 6.16. The summed E-state index contributed by atoms with van der Waals surface area (Å²) in [4.78, 5) is 41.8. The van der Waals surface area contributed by atoms with Crippen LogP contribution in [0.4, 0.5) is 0 Å². The summed E-state index contributed by atoms with van der Waals surface area (Å²) >= 11 is 0. The molecule has 0 atom stereocenters. The molecule has 1 aromatic carbocycles. The number of nitrogens with zero attached hydrogens (tertiary/aromatic N) is 1. The zero-order valence-electron chi connectivity index (χ0n) is 19.9. The maximum atomic E-state index is 12.7. The van der Waals surface area contributed by atoms with Crippen LogP contribution in [0.5, 0.6) is 0 Å². The molecular weight excluding hydrogens is 424 g/mol. The number of ether oxygens (including phenoxy) is 2. The third-order valence-electron chi connectivity index (χ3n) is 5.22. The fourth-order valence-corrected chi connectivity index (χ4v) is 3.52. The van der Waals surface area contributed by atoms with E-state index in [9.17, 15) is 14.4 Å². The minimum absolute atomic E-state index is 0.00906. The van der Waals surface area contributed by atoms with Gasteiger partial charge >= 0.3 is 11.9 Å². The Balaban J connectivity index is 2.16. The Morgan fingerprint density at radius 1 is 0.970 bits per heavy atom. The third-order valence-corrected chi connectivity index (χ3v) is 5.22. The molecule has 1 aromatic heterocycles. The summed E-state index contributed by atoms with van der Waals surface area (Å²) in [5.74, 6) is -1.44. The van der Waals surface area contributed by atoms with Gasteiger partial charge in [-0.2, -0.15) is 0 Å². The normalized spacial score (nSPS) is 11.2. The number of rotatable bonds is 13. The van der Waals surface area contributed by atoms with Crippen LogP contribution < -0.4 is 5.32 Å². The maximum Gasteiger partial charge on any atom is 0.343 e. The fraction of sp³-hybridized carbons (Fsp3) is 0.520. The Hall–Kier alpha value is -3.16. The van der Waals surface area contributed by atoms with E-state index in [1.54, 1.807) is 20.1 Å². The molecule has 0 spiro atoms. The van der Waals surface area contributed by atoms with Crippen LogP contribution in [-0.4, -0.2) is 41.6 Å². The highest BCUT2D eigenvalue weighted by molar-refractivity contribution is 6.07. The first-order chi connectivity index (χ1) is 15.9. The molecule has 0 unspecified atom stereocenters. The highest BCUT2D eigenvalue weighted by Crippen LogP contribution is 2.23. The van der Waals surface area contributed by atoms with Crippen molar-refractivity contribution in [2.75, 3.05) is 13.2 Å². The molecule has 1 N–H and O–H groups in total. The number of hydrogen-bond acceptors (Lipinski definition) is 7. The molecule has 0 bridgehead atoms. The quantitative estimate of drug-likeness (QED) is 0.274. The van der Waals surface area contributed by atoms with Crippen molar-refractivity contribution < 1.29 is 28.3 Å². The minimum Gasteiger partial charge on any atom is -0.464 e. The lowest BCUT2D eigenvalue weighted by Gasteiger charge is -2.29. The van der Waals surface area contributed by atoms with Crippen molar-refractivity contribution in [3.63, 3.8) is 0 Å². The van der Waals surface area contributed by atoms with Gasteiger partial charge in [0.15, 0.2) is 5.89 Å². The molecule has 8 heteroatoms. The number of carbonyl (C=O) groups is 3. The second-order valence-electron chi connectivity index (χ2n) is 7.81. The van der Waals surface area contributed by atoms with Crippen LogP contribution in [0.3, 0.4) is 0 Å². The number of benzene rings is 1. The number of esters is 2. The van der Waals surface area contributed by atoms with Gasteiger partial charge in [-0.25, -0.2) is 14.6 Å². The molecular formula is C25H34N2O6. The van der Waals surface area contributed by atoms with Gasteiger partial charge in [-0.3, -0.25) is 4.79 Å². The first kappa shape index (κ1) is 26.1. The number of hydrogen-bond donors (Lipinski definition) is 1.